The molecule has 0 aliphatic rings. The van der Waals surface area contributed by atoms with E-state index in [1.54, 1.807) is 6.07 Å². The van der Waals surface area contributed by atoms with E-state index in [-0.39, 0.29) is 6.10 Å². The van der Waals surface area contributed by atoms with Gasteiger partial charge in [0, 0.05) is 5.56 Å². The molecule has 0 spiro atoms. The quantitative estimate of drug-likeness (QED) is 0.854. The fourth-order valence-corrected chi connectivity index (χ4v) is 2.15. The van der Waals surface area contributed by atoms with Gasteiger partial charge in [-0.1, -0.05) is 49.7 Å². The van der Waals surface area contributed by atoms with Gasteiger partial charge < -0.3 is 9.84 Å². The summed E-state index contributed by atoms with van der Waals surface area (Å²) in [6.45, 7) is 4.12. The zero-order chi connectivity index (χ0) is 13.7. The molecule has 100 valence electrons. The molecule has 19 heavy (non-hydrogen) atoms. The molecule has 2 heteroatoms. The molecule has 0 saturated carbocycles. The molecule has 1 atom stereocenters. The monoisotopic (exact) mass is 256 g/mol. The Kier molecular flexibility index (Phi) is 4.45. The summed E-state index contributed by atoms with van der Waals surface area (Å²) in [5.74, 6) is 1.10. The summed E-state index contributed by atoms with van der Waals surface area (Å²) in [5, 5.41) is 9.93. The Morgan fingerprint density at radius 1 is 1.05 bits per heavy atom. The van der Waals surface area contributed by atoms with Crippen molar-refractivity contribution in [3.63, 3.8) is 0 Å². The van der Waals surface area contributed by atoms with Crippen LogP contribution < -0.4 is 4.74 Å². The van der Waals surface area contributed by atoms with Crippen LogP contribution in [0.1, 0.15) is 37.5 Å². The highest BCUT2D eigenvalue weighted by molar-refractivity contribution is 5.44. The van der Waals surface area contributed by atoms with Gasteiger partial charge in [-0.25, -0.2) is 0 Å². The van der Waals surface area contributed by atoms with Gasteiger partial charge in [-0.2, -0.15) is 0 Å². The SMILES string of the molecule is CCCc1c(O)cccc1OC(C)c1ccccc1. The zero-order valence-corrected chi connectivity index (χ0v) is 11.5. The van der Waals surface area contributed by atoms with Gasteiger partial charge in [0.1, 0.15) is 17.6 Å². The van der Waals surface area contributed by atoms with Crippen molar-refractivity contribution in [2.45, 2.75) is 32.8 Å². The Balaban J connectivity index is 2.21. The molecule has 0 radical (unpaired) electrons. The van der Waals surface area contributed by atoms with Crippen LogP contribution in [-0.4, -0.2) is 5.11 Å². The van der Waals surface area contributed by atoms with E-state index in [9.17, 15) is 5.11 Å². The van der Waals surface area contributed by atoms with Gasteiger partial charge in [0.2, 0.25) is 0 Å². The standard InChI is InChI=1S/C17H20O2/c1-3-8-15-16(18)11-7-12-17(15)19-13(2)14-9-5-4-6-10-14/h4-7,9-13,18H,3,8H2,1-2H3. The number of phenolic OH excluding ortho intramolecular Hbond substituents is 1. The first-order valence-electron chi connectivity index (χ1n) is 6.74. The van der Waals surface area contributed by atoms with E-state index in [4.69, 9.17) is 4.74 Å². The topological polar surface area (TPSA) is 29.5 Å². The first kappa shape index (κ1) is 13.5. The highest BCUT2D eigenvalue weighted by atomic mass is 16.5. The van der Waals surface area contributed by atoms with Gasteiger partial charge in [-0.15, -0.1) is 0 Å². The lowest BCUT2D eigenvalue weighted by atomic mass is 10.1. The van der Waals surface area contributed by atoms with Gasteiger partial charge in [-0.3, -0.25) is 0 Å². The summed E-state index contributed by atoms with van der Waals surface area (Å²) in [6.07, 6.45) is 1.77. The van der Waals surface area contributed by atoms with Gasteiger partial charge in [0.15, 0.2) is 0 Å². The summed E-state index contributed by atoms with van der Waals surface area (Å²) in [5.41, 5.74) is 2.03. The minimum atomic E-state index is -0.0291. The van der Waals surface area contributed by atoms with Crippen molar-refractivity contribution in [2.24, 2.45) is 0 Å². The van der Waals surface area contributed by atoms with E-state index in [1.807, 2.05) is 49.4 Å². The number of hydrogen-bond donors (Lipinski definition) is 1. The maximum absolute atomic E-state index is 9.93. The van der Waals surface area contributed by atoms with E-state index in [0.29, 0.717) is 5.75 Å². The molecule has 1 unspecified atom stereocenters. The summed E-state index contributed by atoms with van der Waals surface area (Å²) >= 11 is 0. The lowest BCUT2D eigenvalue weighted by Crippen LogP contribution is -2.04. The van der Waals surface area contributed by atoms with Crippen molar-refractivity contribution >= 4 is 0 Å². The average molecular weight is 256 g/mol. The Morgan fingerprint density at radius 3 is 2.47 bits per heavy atom. The minimum Gasteiger partial charge on any atom is -0.508 e. The predicted octanol–water partition coefficient (Wildman–Crippen LogP) is 4.48. The summed E-state index contributed by atoms with van der Waals surface area (Å²) in [6, 6.07) is 15.6. The summed E-state index contributed by atoms with van der Waals surface area (Å²) in [4.78, 5) is 0. The van der Waals surface area contributed by atoms with Gasteiger partial charge in [0.05, 0.1) is 0 Å². The molecule has 0 aromatic heterocycles. The Hall–Kier alpha value is -1.96. The number of rotatable bonds is 5. The van der Waals surface area contributed by atoms with Gasteiger partial charge >= 0.3 is 0 Å². The molecule has 0 amide bonds. The predicted molar refractivity (Wildman–Crippen MR) is 77.6 cm³/mol. The lowest BCUT2D eigenvalue weighted by molar-refractivity contribution is 0.223. The molecular formula is C17H20O2. The number of hydrogen-bond acceptors (Lipinski definition) is 2. The van der Waals surface area contributed by atoms with Crippen LogP contribution in [0.5, 0.6) is 11.5 Å². The Bertz CT molecular complexity index is 520. The maximum Gasteiger partial charge on any atom is 0.127 e. The van der Waals surface area contributed by atoms with Crippen LogP contribution in [0.3, 0.4) is 0 Å². The molecule has 0 bridgehead atoms. The second-order valence-electron chi connectivity index (χ2n) is 4.67. The Morgan fingerprint density at radius 2 is 1.79 bits per heavy atom. The lowest BCUT2D eigenvalue weighted by Gasteiger charge is -2.18. The first-order valence-corrected chi connectivity index (χ1v) is 6.74. The molecule has 0 saturated heterocycles. The van der Waals surface area contributed by atoms with Gasteiger partial charge in [0.25, 0.3) is 0 Å². The van der Waals surface area contributed by atoms with E-state index < -0.39 is 0 Å². The highest BCUT2D eigenvalue weighted by Gasteiger charge is 2.12. The van der Waals surface area contributed by atoms with E-state index in [2.05, 4.69) is 6.92 Å². The largest absolute Gasteiger partial charge is 0.508 e. The summed E-state index contributed by atoms with van der Waals surface area (Å²) < 4.78 is 6.00. The first-order chi connectivity index (χ1) is 9.22. The molecule has 0 aliphatic heterocycles. The van der Waals surface area contributed by atoms with Crippen molar-refractivity contribution in [3.8, 4) is 11.5 Å². The molecular weight excluding hydrogens is 236 g/mol. The number of aromatic hydroxyl groups is 1. The molecule has 2 nitrogen and oxygen atoms in total. The average Bonchev–Trinajstić information content (AvgIpc) is 2.43. The third-order valence-corrected chi connectivity index (χ3v) is 3.18. The number of benzene rings is 2. The van der Waals surface area contributed by atoms with E-state index >= 15 is 0 Å². The van der Waals surface area contributed by atoms with Crippen LogP contribution >= 0.6 is 0 Å². The van der Waals surface area contributed by atoms with Crippen LogP contribution in [0, 0.1) is 0 Å². The molecule has 2 rings (SSSR count). The maximum atomic E-state index is 9.93. The third-order valence-electron chi connectivity index (χ3n) is 3.18. The second-order valence-corrected chi connectivity index (χ2v) is 4.67. The summed E-state index contributed by atoms with van der Waals surface area (Å²) in [7, 11) is 0. The minimum absolute atomic E-state index is 0.0291. The van der Waals surface area contributed by atoms with E-state index in [0.717, 1.165) is 29.7 Å². The molecule has 0 aliphatic carbocycles. The number of phenols is 1. The van der Waals surface area contributed by atoms with Gasteiger partial charge in [-0.05, 0) is 31.0 Å². The highest BCUT2D eigenvalue weighted by Crippen LogP contribution is 2.31. The Labute approximate surface area is 114 Å². The van der Waals surface area contributed by atoms with Crippen molar-refractivity contribution < 1.29 is 9.84 Å². The normalized spacial score (nSPS) is 12.1. The molecule has 1 N–H and O–H groups in total. The van der Waals surface area contributed by atoms with Crippen LogP contribution in [0.4, 0.5) is 0 Å². The molecule has 2 aromatic rings. The third kappa shape index (κ3) is 3.28. The fourth-order valence-electron chi connectivity index (χ4n) is 2.15. The smallest absolute Gasteiger partial charge is 0.127 e. The molecule has 2 aromatic carbocycles. The number of ether oxygens (including phenoxy) is 1. The van der Waals surface area contributed by atoms with Crippen LogP contribution in [0.25, 0.3) is 0 Å². The zero-order valence-electron chi connectivity index (χ0n) is 11.5. The van der Waals surface area contributed by atoms with Crippen LogP contribution in [0.2, 0.25) is 0 Å². The second kappa shape index (κ2) is 6.28. The van der Waals surface area contributed by atoms with Crippen molar-refractivity contribution in [1.82, 2.24) is 0 Å². The van der Waals surface area contributed by atoms with Crippen molar-refractivity contribution in [3.05, 3.63) is 59.7 Å². The van der Waals surface area contributed by atoms with Crippen molar-refractivity contribution in [2.75, 3.05) is 0 Å². The van der Waals surface area contributed by atoms with Crippen LogP contribution in [0.15, 0.2) is 48.5 Å². The van der Waals surface area contributed by atoms with Crippen LogP contribution in [-0.2, 0) is 6.42 Å². The van der Waals surface area contributed by atoms with Crippen molar-refractivity contribution in [1.29, 1.82) is 0 Å². The molecule has 0 heterocycles. The van der Waals surface area contributed by atoms with E-state index in [1.165, 1.54) is 0 Å². The molecule has 0 fully saturated rings. The fraction of sp³-hybridized carbons (Fsp3) is 0.294.